The standard InChI is InChI=1S/C38H45N3O4S/c1-27-17-21-34(22-18-27)46(44,45)41(33-20-19-28(2)30(4)23-33)26-36(42)40(25-32-16-12-11-13-29(32)3)35(37(43)39-38(5,6)7)24-31-14-9-8-10-15-31/h8-23,35H,24-26H2,1-7H3,(H,39,43)/t35-/m1/s1. The van der Waals surface area contributed by atoms with Gasteiger partial charge < -0.3 is 10.2 Å². The second-order valence-electron chi connectivity index (χ2n) is 13.0. The maximum absolute atomic E-state index is 14.7. The Morgan fingerprint density at radius 3 is 2.00 bits per heavy atom. The molecule has 0 bridgehead atoms. The van der Waals surface area contributed by atoms with Gasteiger partial charge in [-0.1, -0.05) is 78.4 Å². The Kier molecular flexibility index (Phi) is 10.7. The summed E-state index contributed by atoms with van der Waals surface area (Å²) in [6.45, 7) is 13.0. The Balaban J connectivity index is 1.84. The molecule has 4 rings (SSSR count). The van der Waals surface area contributed by atoms with E-state index in [-0.39, 0.29) is 23.8 Å². The van der Waals surface area contributed by atoms with Crippen molar-refractivity contribution >= 4 is 27.5 Å². The van der Waals surface area contributed by atoms with Crippen LogP contribution in [-0.4, -0.2) is 43.3 Å². The Bertz CT molecular complexity index is 1780. The van der Waals surface area contributed by atoms with Gasteiger partial charge >= 0.3 is 0 Å². The second-order valence-corrected chi connectivity index (χ2v) is 14.8. The topological polar surface area (TPSA) is 86.8 Å². The smallest absolute Gasteiger partial charge is 0.264 e. The Morgan fingerprint density at radius 1 is 0.761 bits per heavy atom. The molecule has 0 aliphatic heterocycles. The lowest BCUT2D eigenvalue weighted by atomic mass is 10.00. The molecule has 1 N–H and O–H groups in total. The zero-order chi connectivity index (χ0) is 33.6. The lowest BCUT2D eigenvalue weighted by Gasteiger charge is -2.35. The molecule has 0 saturated carbocycles. The first kappa shape index (κ1) is 34.4. The van der Waals surface area contributed by atoms with Crippen molar-refractivity contribution in [1.29, 1.82) is 0 Å². The first-order chi connectivity index (χ1) is 21.7. The fourth-order valence-corrected chi connectivity index (χ4v) is 6.63. The highest BCUT2D eigenvalue weighted by atomic mass is 32.2. The van der Waals surface area contributed by atoms with E-state index in [2.05, 4.69) is 5.32 Å². The third-order valence-corrected chi connectivity index (χ3v) is 9.83. The highest BCUT2D eigenvalue weighted by Crippen LogP contribution is 2.27. The predicted molar refractivity (Wildman–Crippen MR) is 185 cm³/mol. The van der Waals surface area contributed by atoms with Gasteiger partial charge in [0.05, 0.1) is 10.6 Å². The van der Waals surface area contributed by atoms with Gasteiger partial charge in [-0.05, 0) is 101 Å². The van der Waals surface area contributed by atoms with Crippen molar-refractivity contribution in [2.24, 2.45) is 0 Å². The zero-order valence-corrected chi connectivity index (χ0v) is 28.7. The molecule has 4 aromatic carbocycles. The maximum atomic E-state index is 14.7. The van der Waals surface area contributed by atoms with Crippen molar-refractivity contribution in [2.75, 3.05) is 10.8 Å². The highest BCUT2D eigenvalue weighted by molar-refractivity contribution is 7.92. The van der Waals surface area contributed by atoms with Crippen LogP contribution in [0.2, 0.25) is 0 Å². The average Bonchev–Trinajstić information content (AvgIpc) is 2.99. The van der Waals surface area contributed by atoms with Gasteiger partial charge in [-0.25, -0.2) is 8.42 Å². The molecular weight excluding hydrogens is 595 g/mol. The summed E-state index contributed by atoms with van der Waals surface area (Å²) in [6.07, 6.45) is 0.259. The van der Waals surface area contributed by atoms with Gasteiger partial charge in [0.25, 0.3) is 10.0 Å². The average molecular weight is 640 g/mol. The first-order valence-electron chi connectivity index (χ1n) is 15.5. The summed E-state index contributed by atoms with van der Waals surface area (Å²) in [5.41, 5.74) is 5.38. The van der Waals surface area contributed by atoms with Crippen molar-refractivity contribution in [1.82, 2.24) is 10.2 Å². The van der Waals surface area contributed by atoms with Crippen LogP contribution >= 0.6 is 0 Å². The summed E-state index contributed by atoms with van der Waals surface area (Å²) in [4.78, 5) is 30.3. The number of carbonyl (C=O) groups excluding carboxylic acids is 2. The lowest BCUT2D eigenvalue weighted by molar-refractivity contribution is -0.140. The molecule has 0 aromatic heterocycles. The van der Waals surface area contributed by atoms with Gasteiger partial charge in [0.15, 0.2) is 0 Å². The van der Waals surface area contributed by atoms with Gasteiger partial charge in [-0.2, -0.15) is 0 Å². The van der Waals surface area contributed by atoms with Gasteiger partial charge in [-0.15, -0.1) is 0 Å². The molecular formula is C38H45N3O4S. The molecule has 1 atom stereocenters. The van der Waals surface area contributed by atoms with Gasteiger partial charge in [0, 0.05) is 18.5 Å². The van der Waals surface area contributed by atoms with E-state index in [9.17, 15) is 18.0 Å². The van der Waals surface area contributed by atoms with Gasteiger partial charge in [0.2, 0.25) is 11.8 Å². The molecule has 8 heteroatoms. The van der Waals surface area contributed by atoms with E-state index >= 15 is 0 Å². The van der Waals surface area contributed by atoms with Crippen LogP contribution in [0.1, 0.15) is 54.2 Å². The van der Waals surface area contributed by atoms with Crippen LogP contribution in [0.3, 0.4) is 0 Å². The number of carbonyl (C=O) groups is 2. The Labute approximate surface area is 274 Å². The number of sulfonamides is 1. The van der Waals surface area contributed by atoms with E-state index in [1.807, 2.05) is 109 Å². The number of hydrogen-bond acceptors (Lipinski definition) is 4. The van der Waals surface area contributed by atoms with E-state index in [0.717, 1.165) is 33.4 Å². The molecule has 0 unspecified atom stereocenters. The SMILES string of the molecule is Cc1ccc(S(=O)(=O)N(CC(=O)N(Cc2ccccc2C)[C@H](Cc2ccccc2)C(=O)NC(C)(C)C)c2ccc(C)c(C)c2)cc1. The molecule has 0 heterocycles. The third kappa shape index (κ3) is 8.63. The van der Waals surface area contributed by atoms with Crippen molar-refractivity contribution in [2.45, 2.75) is 77.9 Å². The number of nitrogens with one attached hydrogen (secondary N) is 1. The van der Waals surface area contributed by atoms with E-state index in [4.69, 9.17) is 0 Å². The molecule has 0 fully saturated rings. The fraction of sp³-hybridized carbons (Fsp3) is 0.316. The number of aryl methyl sites for hydroxylation is 4. The summed E-state index contributed by atoms with van der Waals surface area (Å²) in [5.74, 6) is -0.792. The number of nitrogens with zero attached hydrogens (tertiary/aromatic N) is 2. The van der Waals surface area contributed by atoms with Crippen LogP contribution in [0.5, 0.6) is 0 Å². The summed E-state index contributed by atoms with van der Waals surface area (Å²) < 4.78 is 29.7. The number of rotatable bonds is 11. The minimum absolute atomic E-state index is 0.0842. The molecule has 2 amide bonds. The minimum Gasteiger partial charge on any atom is -0.350 e. The third-order valence-electron chi connectivity index (χ3n) is 8.04. The molecule has 0 aliphatic carbocycles. The summed E-state index contributed by atoms with van der Waals surface area (Å²) in [6, 6.07) is 28.3. The van der Waals surface area contributed by atoms with E-state index in [1.165, 1.54) is 9.21 Å². The Morgan fingerprint density at radius 2 is 1.39 bits per heavy atom. The highest BCUT2D eigenvalue weighted by Gasteiger charge is 2.35. The van der Waals surface area contributed by atoms with Gasteiger partial charge in [-0.3, -0.25) is 13.9 Å². The predicted octanol–water partition coefficient (Wildman–Crippen LogP) is 6.67. The monoisotopic (exact) mass is 639 g/mol. The van der Waals surface area contributed by atoms with Crippen molar-refractivity contribution in [3.8, 4) is 0 Å². The van der Waals surface area contributed by atoms with Crippen molar-refractivity contribution in [3.63, 3.8) is 0 Å². The zero-order valence-electron chi connectivity index (χ0n) is 27.9. The quantitative estimate of drug-likeness (QED) is 0.199. The molecule has 0 radical (unpaired) electrons. The number of amides is 2. The molecule has 0 spiro atoms. The van der Waals surface area contributed by atoms with Crippen LogP contribution in [0.25, 0.3) is 0 Å². The van der Waals surface area contributed by atoms with Crippen LogP contribution in [0, 0.1) is 27.7 Å². The second kappa shape index (κ2) is 14.3. The summed E-state index contributed by atoms with van der Waals surface area (Å²) in [5, 5.41) is 3.07. The molecule has 46 heavy (non-hydrogen) atoms. The van der Waals surface area contributed by atoms with Gasteiger partial charge in [0.1, 0.15) is 12.6 Å². The number of anilines is 1. The number of hydrogen-bond donors (Lipinski definition) is 1. The van der Waals surface area contributed by atoms with E-state index < -0.39 is 34.1 Å². The summed E-state index contributed by atoms with van der Waals surface area (Å²) >= 11 is 0. The van der Waals surface area contributed by atoms with E-state index in [1.54, 1.807) is 36.4 Å². The molecule has 242 valence electrons. The fourth-order valence-electron chi connectivity index (χ4n) is 5.22. The number of benzene rings is 4. The molecule has 4 aromatic rings. The normalized spacial score (nSPS) is 12.3. The Hall–Kier alpha value is -4.43. The van der Waals surface area contributed by atoms with Crippen LogP contribution < -0.4 is 9.62 Å². The van der Waals surface area contributed by atoms with Crippen molar-refractivity contribution in [3.05, 3.63) is 130 Å². The molecule has 0 saturated heterocycles. The minimum atomic E-state index is -4.16. The molecule has 0 aliphatic rings. The largest absolute Gasteiger partial charge is 0.350 e. The van der Waals surface area contributed by atoms with E-state index in [0.29, 0.717) is 5.69 Å². The summed E-state index contributed by atoms with van der Waals surface area (Å²) in [7, 11) is -4.16. The lowest BCUT2D eigenvalue weighted by Crippen LogP contribution is -2.56. The first-order valence-corrected chi connectivity index (χ1v) is 17.0. The van der Waals surface area contributed by atoms with Crippen LogP contribution in [0.4, 0.5) is 5.69 Å². The maximum Gasteiger partial charge on any atom is 0.264 e. The van der Waals surface area contributed by atoms with Crippen LogP contribution in [0.15, 0.2) is 102 Å². The van der Waals surface area contributed by atoms with Crippen LogP contribution in [-0.2, 0) is 32.6 Å². The molecule has 7 nitrogen and oxygen atoms in total. The van der Waals surface area contributed by atoms with Crippen molar-refractivity contribution < 1.29 is 18.0 Å².